The maximum atomic E-state index is 12.6. The summed E-state index contributed by atoms with van der Waals surface area (Å²) in [5.74, 6) is 1.40. The molecule has 1 unspecified atom stereocenters. The van der Waals surface area contributed by atoms with Crippen LogP contribution in [0.2, 0.25) is 0 Å². The molecule has 4 fully saturated rings. The van der Waals surface area contributed by atoms with Gasteiger partial charge in [-0.25, -0.2) is 0 Å². The minimum Gasteiger partial charge on any atom is -0.345 e. The first-order chi connectivity index (χ1) is 13.5. The summed E-state index contributed by atoms with van der Waals surface area (Å²) in [6, 6.07) is 13.7. The fourth-order valence-electron chi connectivity index (χ4n) is 6.58. The normalized spacial score (nSPS) is 31.5. The average Bonchev–Trinajstić information content (AvgIpc) is 2.66. The second-order valence-corrected chi connectivity index (χ2v) is 9.49. The standard InChI is InChI=1S/C24H28N2O2/c1-15(24-12-16-8-17(13-24)10-18(9-16)14-24)25-22(27)23(28)26-21-7-6-19-4-2-3-5-20(19)11-21/h2-7,11,15-18H,8-10,12-14H2,1H3,(H,25,27)(H,26,28). The number of benzene rings is 2. The molecule has 4 aliphatic rings. The van der Waals surface area contributed by atoms with E-state index in [1.165, 1.54) is 38.5 Å². The molecule has 0 aliphatic heterocycles. The number of amides is 2. The van der Waals surface area contributed by atoms with E-state index in [2.05, 4.69) is 17.6 Å². The van der Waals surface area contributed by atoms with Crippen molar-refractivity contribution < 1.29 is 9.59 Å². The highest BCUT2D eigenvalue weighted by Gasteiger charge is 2.53. The second kappa shape index (κ2) is 6.61. The highest BCUT2D eigenvalue weighted by Crippen LogP contribution is 2.61. The second-order valence-electron chi connectivity index (χ2n) is 9.49. The maximum absolute atomic E-state index is 12.6. The van der Waals surface area contributed by atoms with Gasteiger partial charge >= 0.3 is 11.8 Å². The number of anilines is 1. The maximum Gasteiger partial charge on any atom is 0.313 e. The molecule has 4 bridgehead atoms. The Balaban J connectivity index is 1.25. The quantitative estimate of drug-likeness (QED) is 0.775. The number of carbonyl (C=O) groups is 2. The van der Waals surface area contributed by atoms with Gasteiger partial charge < -0.3 is 10.6 Å². The highest BCUT2D eigenvalue weighted by molar-refractivity contribution is 6.39. The van der Waals surface area contributed by atoms with Gasteiger partial charge in [0.25, 0.3) is 0 Å². The van der Waals surface area contributed by atoms with Crippen LogP contribution in [0.1, 0.15) is 45.4 Å². The van der Waals surface area contributed by atoms with Crippen LogP contribution in [-0.4, -0.2) is 17.9 Å². The first-order valence-electron chi connectivity index (χ1n) is 10.6. The van der Waals surface area contributed by atoms with E-state index in [0.717, 1.165) is 28.5 Å². The predicted molar refractivity (Wildman–Crippen MR) is 111 cm³/mol. The minimum absolute atomic E-state index is 0.0516. The summed E-state index contributed by atoms with van der Waals surface area (Å²) in [4.78, 5) is 25.1. The molecule has 0 radical (unpaired) electrons. The zero-order valence-corrected chi connectivity index (χ0v) is 16.4. The van der Waals surface area contributed by atoms with Crippen LogP contribution in [0.3, 0.4) is 0 Å². The molecule has 0 saturated heterocycles. The molecule has 146 valence electrons. The largest absolute Gasteiger partial charge is 0.345 e. The van der Waals surface area contributed by atoms with Gasteiger partial charge in [0.15, 0.2) is 0 Å². The molecule has 28 heavy (non-hydrogen) atoms. The van der Waals surface area contributed by atoms with Crippen LogP contribution in [0.25, 0.3) is 10.8 Å². The predicted octanol–water partition coefficient (Wildman–Crippen LogP) is 4.50. The molecule has 2 aromatic rings. The molecular formula is C24H28N2O2. The van der Waals surface area contributed by atoms with E-state index in [-0.39, 0.29) is 11.5 Å². The van der Waals surface area contributed by atoms with Crippen molar-refractivity contribution in [1.29, 1.82) is 0 Å². The molecular weight excluding hydrogens is 348 g/mol. The highest BCUT2D eigenvalue weighted by atomic mass is 16.2. The minimum atomic E-state index is -0.577. The number of nitrogens with one attached hydrogen (secondary N) is 2. The van der Waals surface area contributed by atoms with Gasteiger partial charge in [-0.3, -0.25) is 9.59 Å². The van der Waals surface area contributed by atoms with Crippen LogP contribution in [0, 0.1) is 23.2 Å². The van der Waals surface area contributed by atoms with E-state index in [0.29, 0.717) is 5.69 Å². The lowest BCUT2D eigenvalue weighted by molar-refractivity contribution is -0.138. The van der Waals surface area contributed by atoms with Crippen molar-refractivity contribution in [2.24, 2.45) is 23.2 Å². The SMILES string of the molecule is CC(NC(=O)C(=O)Nc1ccc2ccccc2c1)C12CC3CC(CC(C3)C1)C2. The van der Waals surface area contributed by atoms with Crippen molar-refractivity contribution >= 4 is 28.3 Å². The van der Waals surface area contributed by atoms with Gasteiger partial charge in [-0.2, -0.15) is 0 Å². The third-order valence-electron chi connectivity index (χ3n) is 7.57. The summed E-state index contributed by atoms with van der Waals surface area (Å²) in [6.07, 6.45) is 7.78. The lowest BCUT2D eigenvalue weighted by Crippen LogP contribution is -2.57. The molecule has 2 aromatic carbocycles. The molecule has 4 saturated carbocycles. The first kappa shape index (κ1) is 17.7. The third-order valence-corrected chi connectivity index (χ3v) is 7.57. The number of carbonyl (C=O) groups excluding carboxylic acids is 2. The summed E-state index contributed by atoms with van der Waals surface area (Å²) in [5, 5.41) is 7.96. The van der Waals surface area contributed by atoms with Crippen molar-refractivity contribution in [2.45, 2.75) is 51.5 Å². The van der Waals surface area contributed by atoms with Gasteiger partial charge in [0.1, 0.15) is 0 Å². The topological polar surface area (TPSA) is 58.2 Å². The molecule has 2 N–H and O–H groups in total. The summed E-state index contributed by atoms with van der Waals surface area (Å²) in [5.41, 5.74) is 0.856. The molecule has 0 heterocycles. The lowest BCUT2D eigenvalue weighted by Gasteiger charge is -2.59. The molecule has 6 rings (SSSR count). The monoisotopic (exact) mass is 376 g/mol. The van der Waals surface area contributed by atoms with Crippen LogP contribution in [0.4, 0.5) is 5.69 Å². The number of fused-ring (bicyclic) bond motifs is 1. The molecule has 2 amide bonds. The van der Waals surface area contributed by atoms with Crippen molar-refractivity contribution in [1.82, 2.24) is 5.32 Å². The van der Waals surface area contributed by atoms with Gasteiger partial charge in [0.2, 0.25) is 0 Å². The van der Waals surface area contributed by atoms with Crippen LogP contribution < -0.4 is 10.6 Å². The molecule has 4 heteroatoms. The average molecular weight is 377 g/mol. The summed E-state index contributed by atoms with van der Waals surface area (Å²) >= 11 is 0. The van der Waals surface area contributed by atoms with Crippen LogP contribution in [0.15, 0.2) is 42.5 Å². The van der Waals surface area contributed by atoms with E-state index in [4.69, 9.17) is 0 Å². The fraction of sp³-hybridized carbons (Fsp3) is 0.500. The van der Waals surface area contributed by atoms with E-state index in [9.17, 15) is 9.59 Å². The lowest BCUT2D eigenvalue weighted by atomic mass is 9.48. The van der Waals surface area contributed by atoms with Crippen molar-refractivity contribution in [3.63, 3.8) is 0 Å². The Bertz CT molecular complexity index is 900. The molecule has 4 nitrogen and oxygen atoms in total. The molecule has 4 aliphatic carbocycles. The van der Waals surface area contributed by atoms with Crippen LogP contribution >= 0.6 is 0 Å². The third kappa shape index (κ3) is 3.09. The van der Waals surface area contributed by atoms with Crippen molar-refractivity contribution in [3.05, 3.63) is 42.5 Å². The van der Waals surface area contributed by atoms with Gasteiger partial charge in [-0.1, -0.05) is 30.3 Å². The summed E-state index contributed by atoms with van der Waals surface area (Å²) in [7, 11) is 0. The van der Waals surface area contributed by atoms with Crippen LogP contribution in [0.5, 0.6) is 0 Å². The van der Waals surface area contributed by atoms with Gasteiger partial charge in [0.05, 0.1) is 0 Å². The van der Waals surface area contributed by atoms with Gasteiger partial charge in [0, 0.05) is 11.7 Å². The number of hydrogen-bond acceptors (Lipinski definition) is 2. The Morgan fingerprint density at radius 1 is 0.893 bits per heavy atom. The van der Waals surface area contributed by atoms with E-state index in [1.807, 2.05) is 42.5 Å². The number of hydrogen-bond donors (Lipinski definition) is 2. The van der Waals surface area contributed by atoms with Crippen molar-refractivity contribution in [3.8, 4) is 0 Å². The number of rotatable bonds is 3. The van der Waals surface area contributed by atoms with Gasteiger partial charge in [-0.05, 0) is 91.5 Å². The van der Waals surface area contributed by atoms with E-state index in [1.54, 1.807) is 0 Å². The van der Waals surface area contributed by atoms with E-state index >= 15 is 0 Å². The van der Waals surface area contributed by atoms with Crippen molar-refractivity contribution in [2.75, 3.05) is 5.32 Å². The molecule has 0 aromatic heterocycles. The zero-order chi connectivity index (χ0) is 19.3. The Morgan fingerprint density at radius 2 is 1.50 bits per heavy atom. The smallest absolute Gasteiger partial charge is 0.313 e. The summed E-state index contributed by atoms with van der Waals surface area (Å²) in [6.45, 7) is 2.11. The fourth-order valence-corrected chi connectivity index (χ4v) is 6.58. The zero-order valence-electron chi connectivity index (χ0n) is 16.4. The van der Waals surface area contributed by atoms with Gasteiger partial charge in [-0.15, -0.1) is 0 Å². The Morgan fingerprint density at radius 3 is 2.14 bits per heavy atom. The Labute approximate surface area is 166 Å². The Kier molecular flexibility index (Phi) is 4.18. The molecule has 1 atom stereocenters. The van der Waals surface area contributed by atoms with Crippen LogP contribution in [-0.2, 0) is 9.59 Å². The summed E-state index contributed by atoms with van der Waals surface area (Å²) < 4.78 is 0. The first-order valence-corrected chi connectivity index (χ1v) is 10.6. The Hall–Kier alpha value is -2.36. The van der Waals surface area contributed by atoms with E-state index < -0.39 is 11.8 Å². The molecule has 0 spiro atoms.